The van der Waals surface area contributed by atoms with Crippen LogP contribution in [-0.2, 0) is 9.59 Å². The molecule has 0 spiro atoms. The lowest BCUT2D eigenvalue weighted by atomic mass is 9.90. The molecule has 23 heavy (non-hydrogen) atoms. The van der Waals surface area contributed by atoms with E-state index in [-0.39, 0.29) is 23.1 Å². The third-order valence-corrected chi connectivity index (χ3v) is 4.83. The average Bonchev–Trinajstić information content (AvgIpc) is 2.53. The van der Waals surface area contributed by atoms with Gasteiger partial charge in [-0.2, -0.15) is 0 Å². The monoisotopic (exact) mass is 324 g/mol. The summed E-state index contributed by atoms with van der Waals surface area (Å²) in [5.41, 5.74) is -0.369. The lowest BCUT2D eigenvalue weighted by molar-refractivity contribution is -0.142. The molecule has 1 heterocycles. The lowest BCUT2D eigenvalue weighted by Gasteiger charge is -2.36. The molecule has 1 N–H and O–H groups in total. The number of carbonyl (C=O) groups excluding carboxylic acids is 2. The highest BCUT2D eigenvalue weighted by atomic mass is 16.2. The Balaban J connectivity index is 2.48. The van der Waals surface area contributed by atoms with Crippen molar-refractivity contribution < 1.29 is 9.59 Å². The maximum Gasteiger partial charge on any atom is 0.227 e. The summed E-state index contributed by atoms with van der Waals surface area (Å²) in [4.78, 5) is 26.8. The minimum Gasteiger partial charge on any atom is -0.356 e. The summed E-state index contributed by atoms with van der Waals surface area (Å²) in [6, 6.07) is 0. The summed E-state index contributed by atoms with van der Waals surface area (Å²) < 4.78 is 0. The fourth-order valence-electron chi connectivity index (χ4n) is 3.18. The minimum atomic E-state index is -0.369. The van der Waals surface area contributed by atoms with E-state index in [9.17, 15) is 9.59 Å². The van der Waals surface area contributed by atoms with Gasteiger partial charge in [-0.1, -0.05) is 53.9 Å². The molecule has 2 amide bonds. The Labute approximate surface area is 142 Å². The molecule has 0 aromatic rings. The van der Waals surface area contributed by atoms with Crippen molar-refractivity contribution in [1.29, 1.82) is 0 Å². The molecular formula is C19H36N2O2. The van der Waals surface area contributed by atoms with Gasteiger partial charge in [-0.25, -0.2) is 0 Å². The summed E-state index contributed by atoms with van der Waals surface area (Å²) in [6.45, 7) is 12.4. The van der Waals surface area contributed by atoms with Crippen molar-refractivity contribution in [2.75, 3.05) is 19.6 Å². The van der Waals surface area contributed by atoms with Crippen LogP contribution in [0.1, 0.15) is 73.1 Å². The van der Waals surface area contributed by atoms with Crippen LogP contribution in [0.4, 0.5) is 0 Å². The van der Waals surface area contributed by atoms with Gasteiger partial charge in [0, 0.05) is 25.0 Å². The number of unbranched alkanes of at least 4 members (excludes halogenated alkanes) is 1. The Kier molecular flexibility index (Phi) is 8.07. The molecule has 0 bridgehead atoms. The van der Waals surface area contributed by atoms with Crippen molar-refractivity contribution in [3.63, 3.8) is 0 Å². The number of hydrogen-bond acceptors (Lipinski definition) is 2. The van der Waals surface area contributed by atoms with E-state index in [2.05, 4.69) is 19.2 Å². The van der Waals surface area contributed by atoms with Crippen LogP contribution in [0.15, 0.2) is 0 Å². The second-order valence-electron chi connectivity index (χ2n) is 8.00. The van der Waals surface area contributed by atoms with Gasteiger partial charge in [-0.3, -0.25) is 9.59 Å². The Morgan fingerprint density at radius 3 is 2.52 bits per heavy atom. The van der Waals surface area contributed by atoms with Gasteiger partial charge in [0.25, 0.3) is 0 Å². The fourth-order valence-corrected chi connectivity index (χ4v) is 3.18. The van der Waals surface area contributed by atoms with Crippen LogP contribution in [0, 0.1) is 17.3 Å². The van der Waals surface area contributed by atoms with Crippen LogP contribution >= 0.6 is 0 Å². The van der Waals surface area contributed by atoms with Crippen molar-refractivity contribution >= 4 is 11.8 Å². The summed E-state index contributed by atoms with van der Waals surface area (Å²) in [5.74, 6) is 0.823. The number of nitrogens with zero attached hydrogens (tertiary/aromatic N) is 1. The molecule has 1 aliphatic rings. The zero-order chi connectivity index (χ0) is 17.5. The topological polar surface area (TPSA) is 49.4 Å². The van der Waals surface area contributed by atoms with Crippen LogP contribution in [0.3, 0.4) is 0 Å². The van der Waals surface area contributed by atoms with E-state index in [0.29, 0.717) is 12.5 Å². The van der Waals surface area contributed by atoms with Crippen molar-refractivity contribution in [3.8, 4) is 0 Å². The molecular weight excluding hydrogens is 288 g/mol. The molecule has 2 unspecified atom stereocenters. The van der Waals surface area contributed by atoms with E-state index in [4.69, 9.17) is 0 Å². The van der Waals surface area contributed by atoms with E-state index in [1.165, 1.54) is 19.3 Å². The zero-order valence-corrected chi connectivity index (χ0v) is 15.8. The normalized spacial score (nSPS) is 20.2. The first-order chi connectivity index (χ1) is 10.8. The standard InChI is InChI=1S/C19H36N2O2/c1-6-8-10-15(7-2)13-20-17(22)16-11-9-12-21(14-16)18(23)19(3,4)5/h15-16H,6-14H2,1-5H3,(H,20,22). The molecule has 1 saturated heterocycles. The molecule has 1 aliphatic heterocycles. The van der Waals surface area contributed by atoms with E-state index >= 15 is 0 Å². The molecule has 4 nitrogen and oxygen atoms in total. The van der Waals surface area contributed by atoms with E-state index in [1.54, 1.807) is 0 Å². The van der Waals surface area contributed by atoms with Gasteiger partial charge in [-0.05, 0) is 25.2 Å². The van der Waals surface area contributed by atoms with Gasteiger partial charge >= 0.3 is 0 Å². The summed E-state index contributed by atoms with van der Waals surface area (Å²) >= 11 is 0. The molecule has 4 heteroatoms. The van der Waals surface area contributed by atoms with Crippen LogP contribution in [0.5, 0.6) is 0 Å². The van der Waals surface area contributed by atoms with E-state index in [1.807, 2.05) is 25.7 Å². The predicted molar refractivity (Wildman–Crippen MR) is 95.1 cm³/mol. The lowest BCUT2D eigenvalue weighted by Crippen LogP contribution is -2.49. The number of likely N-dealkylation sites (tertiary alicyclic amines) is 1. The van der Waals surface area contributed by atoms with Crippen LogP contribution in [0.25, 0.3) is 0 Å². The highest BCUT2D eigenvalue weighted by Gasteiger charge is 2.33. The maximum absolute atomic E-state index is 12.5. The van der Waals surface area contributed by atoms with Gasteiger partial charge in [0.2, 0.25) is 11.8 Å². The van der Waals surface area contributed by atoms with Gasteiger partial charge in [-0.15, -0.1) is 0 Å². The van der Waals surface area contributed by atoms with Crippen LogP contribution < -0.4 is 5.32 Å². The quantitative estimate of drug-likeness (QED) is 0.778. The molecule has 0 aliphatic carbocycles. The number of nitrogens with one attached hydrogen (secondary N) is 1. The Hall–Kier alpha value is -1.06. The number of amides is 2. The Morgan fingerprint density at radius 2 is 1.96 bits per heavy atom. The molecule has 1 fully saturated rings. The second-order valence-corrected chi connectivity index (χ2v) is 8.00. The summed E-state index contributed by atoms with van der Waals surface area (Å²) in [7, 11) is 0. The second kappa shape index (κ2) is 9.29. The number of carbonyl (C=O) groups is 2. The molecule has 0 radical (unpaired) electrons. The molecule has 0 aromatic carbocycles. The summed E-state index contributed by atoms with van der Waals surface area (Å²) in [6.07, 6.45) is 6.55. The first-order valence-corrected chi connectivity index (χ1v) is 9.36. The van der Waals surface area contributed by atoms with E-state index in [0.717, 1.165) is 32.4 Å². The van der Waals surface area contributed by atoms with Gasteiger partial charge < -0.3 is 10.2 Å². The number of hydrogen-bond donors (Lipinski definition) is 1. The maximum atomic E-state index is 12.5. The zero-order valence-electron chi connectivity index (χ0n) is 15.8. The highest BCUT2D eigenvalue weighted by Crippen LogP contribution is 2.23. The summed E-state index contributed by atoms with van der Waals surface area (Å²) in [5, 5.41) is 3.13. The number of rotatable bonds is 7. The Bertz CT molecular complexity index is 387. The van der Waals surface area contributed by atoms with Crippen LogP contribution in [0.2, 0.25) is 0 Å². The molecule has 0 aromatic heterocycles. The fraction of sp³-hybridized carbons (Fsp3) is 0.895. The van der Waals surface area contributed by atoms with E-state index < -0.39 is 0 Å². The van der Waals surface area contributed by atoms with Gasteiger partial charge in [0.05, 0.1) is 5.92 Å². The predicted octanol–water partition coefficient (Wildman–Crippen LogP) is 3.60. The smallest absolute Gasteiger partial charge is 0.227 e. The van der Waals surface area contributed by atoms with Crippen molar-refractivity contribution in [1.82, 2.24) is 10.2 Å². The first kappa shape index (κ1) is 20.0. The molecule has 134 valence electrons. The van der Waals surface area contributed by atoms with Gasteiger partial charge in [0.15, 0.2) is 0 Å². The van der Waals surface area contributed by atoms with Crippen molar-refractivity contribution in [3.05, 3.63) is 0 Å². The van der Waals surface area contributed by atoms with Gasteiger partial charge in [0.1, 0.15) is 0 Å². The molecule has 0 saturated carbocycles. The largest absolute Gasteiger partial charge is 0.356 e. The average molecular weight is 325 g/mol. The molecule has 2 atom stereocenters. The third kappa shape index (κ3) is 6.52. The van der Waals surface area contributed by atoms with Crippen LogP contribution in [-0.4, -0.2) is 36.3 Å². The molecule has 1 rings (SSSR count). The minimum absolute atomic E-state index is 0.0428. The first-order valence-electron chi connectivity index (χ1n) is 9.36. The Morgan fingerprint density at radius 1 is 1.26 bits per heavy atom. The SMILES string of the molecule is CCCCC(CC)CNC(=O)C1CCCN(C(=O)C(C)(C)C)C1. The van der Waals surface area contributed by atoms with Crippen molar-refractivity contribution in [2.45, 2.75) is 73.1 Å². The third-order valence-electron chi connectivity index (χ3n) is 4.83. The van der Waals surface area contributed by atoms with Crippen molar-refractivity contribution in [2.24, 2.45) is 17.3 Å². The highest BCUT2D eigenvalue weighted by molar-refractivity contribution is 5.83. The number of piperidine rings is 1.